The summed E-state index contributed by atoms with van der Waals surface area (Å²) in [5.41, 5.74) is 6.93. The van der Waals surface area contributed by atoms with Gasteiger partial charge in [0.25, 0.3) is 0 Å². The molecule has 0 aliphatic heterocycles. The fraction of sp³-hybridized carbons (Fsp3) is 0.238. The number of nitrogens with zero attached hydrogens (tertiary/aromatic N) is 1. The Labute approximate surface area is 132 Å². The molecule has 0 bridgehead atoms. The number of benzene rings is 2. The Morgan fingerprint density at radius 3 is 2.32 bits per heavy atom. The topological polar surface area (TPSA) is 4.93 Å². The zero-order valence-corrected chi connectivity index (χ0v) is 13.0. The van der Waals surface area contributed by atoms with Crippen LogP contribution >= 0.6 is 0 Å². The second-order valence-electron chi connectivity index (χ2n) is 6.39. The van der Waals surface area contributed by atoms with Crippen LogP contribution in [0.5, 0.6) is 0 Å². The van der Waals surface area contributed by atoms with Crippen LogP contribution in [0.25, 0.3) is 16.9 Å². The first-order chi connectivity index (χ1) is 10.8. The van der Waals surface area contributed by atoms with Gasteiger partial charge < -0.3 is 4.57 Å². The van der Waals surface area contributed by atoms with Gasteiger partial charge in [-0.15, -0.1) is 0 Å². The summed E-state index contributed by atoms with van der Waals surface area (Å²) in [5, 5.41) is 0. The van der Waals surface area contributed by atoms with Crippen molar-refractivity contribution >= 4 is 0 Å². The fourth-order valence-electron chi connectivity index (χ4n) is 3.60. The van der Waals surface area contributed by atoms with Crippen LogP contribution in [0.4, 0.5) is 0 Å². The van der Waals surface area contributed by atoms with E-state index in [0.717, 1.165) is 5.92 Å². The van der Waals surface area contributed by atoms with E-state index in [1.807, 2.05) is 0 Å². The highest BCUT2D eigenvalue weighted by molar-refractivity contribution is 5.66. The summed E-state index contributed by atoms with van der Waals surface area (Å²) in [4.78, 5) is 0. The molecule has 1 nitrogen and oxygen atoms in total. The summed E-state index contributed by atoms with van der Waals surface area (Å²) < 4.78 is 2.47. The molecule has 2 aromatic carbocycles. The summed E-state index contributed by atoms with van der Waals surface area (Å²) in [7, 11) is 0. The minimum absolute atomic E-state index is 0.794. The van der Waals surface area contributed by atoms with Gasteiger partial charge in [0.2, 0.25) is 0 Å². The summed E-state index contributed by atoms with van der Waals surface area (Å²) in [6.45, 7) is 2.37. The maximum atomic E-state index is 2.47. The van der Waals surface area contributed by atoms with Crippen LogP contribution in [0, 0.1) is 5.92 Å². The van der Waals surface area contributed by atoms with Gasteiger partial charge in [-0.1, -0.05) is 55.5 Å². The molecule has 1 aromatic heterocycles. The standard InChI is InChI=1S/C21H21N/c1-16-12-13-20-18(14-16)15-21(17-8-4-2-5-9-17)22(20)19-10-6-3-7-11-19/h2-11,15-16H,12-14H2,1H3. The van der Waals surface area contributed by atoms with Gasteiger partial charge in [0.15, 0.2) is 0 Å². The van der Waals surface area contributed by atoms with Crippen molar-refractivity contribution < 1.29 is 0 Å². The molecule has 0 saturated heterocycles. The number of aromatic nitrogens is 1. The molecule has 0 spiro atoms. The Morgan fingerprint density at radius 1 is 0.909 bits per heavy atom. The Balaban J connectivity index is 1.94. The van der Waals surface area contributed by atoms with Crippen molar-refractivity contribution in [1.82, 2.24) is 4.57 Å². The van der Waals surface area contributed by atoms with Crippen molar-refractivity contribution in [3.05, 3.63) is 78.0 Å². The first-order valence-electron chi connectivity index (χ1n) is 8.17. The molecule has 4 rings (SSSR count). The van der Waals surface area contributed by atoms with Crippen molar-refractivity contribution in [3.8, 4) is 16.9 Å². The lowest BCUT2D eigenvalue weighted by atomic mass is 9.89. The third-order valence-corrected chi connectivity index (χ3v) is 4.72. The third-order valence-electron chi connectivity index (χ3n) is 4.72. The van der Waals surface area contributed by atoms with Crippen LogP contribution < -0.4 is 0 Å². The van der Waals surface area contributed by atoms with E-state index < -0.39 is 0 Å². The van der Waals surface area contributed by atoms with Crippen LogP contribution in [0.1, 0.15) is 24.6 Å². The molecule has 110 valence electrons. The molecule has 22 heavy (non-hydrogen) atoms. The lowest BCUT2D eigenvalue weighted by Gasteiger charge is -2.21. The average molecular weight is 287 g/mol. The van der Waals surface area contributed by atoms with Crippen LogP contribution in [0.15, 0.2) is 66.7 Å². The predicted molar refractivity (Wildman–Crippen MR) is 92.4 cm³/mol. The number of para-hydroxylation sites is 1. The Kier molecular flexibility index (Phi) is 3.34. The smallest absolute Gasteiger partial charge is 0.0534 e. The Hall–Kier alpha value is -2.28. The van der Waals surface area contributed by atoms with E-state index in [0.29, 0.717) is 0 Å². The van der Waals surface area contributed by atoms with E-state index in [-0.39, 0.29) is 0 Å². The maximum absolute atomic E-state index is 2.47. The summed E-state index contributed by atoms with van der Waals surface area (Å²) in [6, 6.07) is 23.9. The highest BCUT2D eigenvalue weighted by atomic mass is 15.0. The van der Waals surface area contributed by atoms with Crippen LogP contribution in [0.3, 0.4) is 0 Å². The molecule has 1 aliphatic carbocycles. The predicted octanol–water partition coefficient (Wildman–Crippen LogP) is 5.27. The highest BCUT2D eigenvalue weighted by Crippen LogP contribution is 2.35. The second-order valence-corrected chi connectivity index (χ2v) is 6.39. The van der Waals surface area contributed by atoms with Gasteiger partial charge in [-0.25, -0.2) is 0 Å². The summed E-state index contributed by atoms with van der Waals surface area (Å²) in [6.07, 6.45) is 3.67. The molecule has 1 unspecified atom stereocenters. The van der Waals surface area contributed by atoms with Gasteiger partial charge in [-0.05, 0) is 54.5 Å². The first-order valence-corrected chi connectivity index (χ1v) is 8.17. The van der Waals surface area contributed by atoms with Crippen molar-refractivity contribution in [2.75, 3.05) is 0 Å². The zero-order valence-electron chi connectivity index (χ0n) is 13.0. The van der Waals surface area contributed by atoms with E-state index >= 15 is 0 Å². The SMILES string of the molecule is CC1CCc2c(cc(-c3ccccc3)n2-c2ccccc2)C1. The summed E-state index contributed by atoms with van der Waals surface area (Å²) in [5.74, 6) is 0.794. The molecular formula is C21H21N. The fourth-order valence-corrected chi connectivity index (χ4v) is 3.60. The lowest BCUT2D eigenvalue weighted by molar-refractivity contribution is 0.494. The average Bonchev–Trinajstić information content (AvgIpc) is 2.95. The highest BCUT2D eigenvalue weighted by Gasteiger charge is 2.22. The Morgan fingerprint density at radius 2 is 1.59 bits per heavy atom. The van der Waals surface area contributed by atoms with E-state index in [2.05, 4.69) is 78.2 Å². The molecule has 0 amide bonds. The number of rotatable bonds is 2. The molecular weight excluding hydrogens is 266 g/mol. The molecule has 1 aliphatic rings. The first kappa shape index (κ1) is 13.4. The molecule has 3 aromatic rings. The van der Waals surface area contributed by atoms with Crippen LogP contribution in [0.2, 0.25) is 0 Å². The van der Waals surface area contributed by atoms with Gasteiger partial charge in [0.1, 0.15) is 0 Å². The monoisotopic (exact) mass is 287 g/mol. The van der Waals surface area contributed by atoms with Crippen molar-refractivity contribution in [2.24, 2.45) is 5.92 Å². The molecule has 1 atom stereocenters. The normalized spacial score (nSPS) is 17.2. The third kappa shape index (κ3) is 2.27. The largest absolute Gasteiger partial charge is 0.313 e. The number of hydrogen-bond donors (Lipinski definition) is 0. The van der Waals surface area contributed by atoms with Gasteiger partial charge in [-0.3, -0.25) is 0 Å². The van der Waals surface area contributed by atoms with E-state index in [1.165, 1.54) is 47.5 Å². The molecule has 1 heterocycles. The van der Waals surface area contributed by atoms with Crippen molar-refractivity contribution in [2.45, 2.75) is 26.2 Å². The van der Waals surface area contributed by atoms with Gasteiger partial charge >= 0.3 is 0 Å². The molecule has 0 fully saturated rings. The van der Waals surface area contributed by atoms with E-state index in [1.54, 1.807) is 0 Å². The molecule has 0 radical (unpaired) electrons. The van der Waals surface area contributed by atoms with E-state index in [4.69, 9.17) is 0 Å². The maximum Gasteiger partial charge on any atom is 0.0534 e. The van der Waals surface area contributed by atoms with Gasteiger partial charge in [0.05, 0.1) is 5.69 Å². The van der Waals surface area contributed by atoms with Crippen molar-refractivity contribution in [3.63, 3.8) is 0 Å². The molecule has 0 N–H and O–H groups in total. The van der Waals surface area contributed by atoms with Crippen LogP contribution in [-0.4, -0.2) is 4.57 Å². The Bertz CT molecular complexity index is 768. The second kappa shape index (κ2) is 5.49. The van der Waals surface area contributed by atoms with Crippen LogP contribution in [-0.2, 0) is 12.8 Å². The number of hydrogen-bond acceptors (Lipinski definition) is 0. The molecule has 0 saturated carbocycles. The minimum atomic E-state index is 0.794. The minimum Gasteiger partial charge on any atom is -0.313 e. The lowest BCUT2D eigenvalue weighted by Crippen LogP contribution is -2.13. The summed E-state index contributed by atoms with van der Waals surface area (Å²) >= 11 is 0. The quantitative estimate of drug-likeness (QED) is 0.605. The van der Waals surface area contributed by atoms with Crippen molar-refractivity contribution in [1.29, 1.82) is 0 Å². The number of fused-ring (bicyclic) bond motifs is 1. The van der Waals surface area contributed by atoms with Gasteiger partial charge in [0, 0.05) is 11.4 Å². The molecule has 1 heteroatoms. The van der Waals surface area contributed by atoms with E-state index in [9.17, 15) is 0 Å². The van der Waals surface area contributed by atoms with Gasteiger partial charge in [-0.2, -0.15) is 0 Å². The zero-order chi connectivity index (χ0) is 14.9.